The van der Waals surface area contributed by atoms with Gasteiger partial charge in [0.15, 0.2) is 0 Å². The summed E-state index contributed by atoms with van der Waals surface area (Å²) in [5, 5.41) is 10.6. The number of aliphatic hydroxyl groups is 1. The van der Waals surface area contributed by atoms with E-state index in [0.717, 1.165) is 44.9 Å². The van der Waals surface area contributed by atoms with Crippen molar-refractivity contribution in [3.63, 3.8) is 0 Å². The van der Waals surface area contributed by atoms with Crippen LogP contribution in [-0.4, -0.2) is 42.5 Å². The summed E-state index contributed by atoms with van der Waals surface area (Å²) in [6, 6.07) is 0. The number of aliphatic hydroxyl groups excluding tert-OH is 1. The van der Waals surface area contributed by atoms with Crippen molar-refractivity contribution >= 4 is 5.97 Å². The first kappa shape index (κ1) is 21.5. The van der Waals surface area contributed by atoms with E-state index in [4.69, 9.17) is 10.5 Å². The average molecular weight is 392 g/mol. The summed E-state index contributed by atoms with van der Waals surface area (Å²) in [7, 11) is 1.41. The van der Waals surface area contributed by atoms with E-state index in [2.05, 4.69) is 36.0 Å². The van der Waals surface area contributed by atoms with E-state index in [9.17, 15) is 9.90 Å². The molecule has 0 heterocycles. The highest BCUT2D eigenvalue weighted by molar-refractivity contribution is 5.68. The zero-order valence-corrected chi connectivity index (χ0v) is 17.4. The molecule has 3 rings (SSSR count). The summed E-state index contributed by atoms with van der Waals surface area (Å²) in [6.45, 7) is 2.80. The molecule has 0 bridgehead atoms. The Kier molecular flexibility index (Phi) is 7.00. The van der Waals surface area contributed by atoms with Crippen molar-refractivity contribution in [2.45, 2.75) is 82.5 Å². The van der Waals surface area contributed by atoms with E-state index in [1.165, 1.54) is 7.11 Å². The maximum Gasteiger partial charge on any atom is 0.305 e. The fourth-order valence-corrected chi connectivity index (χ4v) is 5.78. The Balaban J connectivity index is 1.61. The number of allylic oxidation sites excluding steroid dienone is 1. The largest absolute Gasteiger partial charge is 0.469 e. The lowest BCUT2D eigenvalue weighted by molar-refractivity contribution is -0.141. The molecular weight excluding hydrogens is 354 g/mol. The second kappa shape index (κ2) is 9.10. The number of esters is 1. The summed E-state index contributed by atoms with van der Waals surface area (Å²) in [5.74, 6) is 0.560. The highest BCUT2D eigenvalue weighted by Crippen LogP contribution is 2.58. The van der Waals surface area contributed by atoms with Crippen LogP contribution >= 0.6 is 0 Å². The SMILES string of the molecule is COC(=O)CCCOC1/C=C/CCC2(N)[C@@H](/C=C/C1)CC[C@]1(C)[C@@H](O)CC[C@@H]21. The lowest BCUT2D eigenvalue weighted by Gasteiger charge is -2.53. The minimum atomic E-state index is -0.237. The molecule has 0 aliphatic heterocycles. The zero-order valence-electron chi connectivity index (χ0n) is 17.4. The van der Waals surface area contributed by atoms with E-state index in [1.807, 2.05) is 0 Å². The van der Waals surface area contributed by atoms with Crippen LogP contribution in [0, 0.1) is 17.3 Å². The minimum absolute atomic E-state index is 0.0296. The molecule has 3 aliphatic carbocycles. The molecule has 0 spiro atoms. The number of carbonyl (C=O) groups is 1. The molecule has 2 unspecified atom stereocenters. The van der Waals surface area contributed by atoms with E-state index >= 15 is 0 Å². The normalized spacial score (nSPS) is 42.9. The first-order valence-corrected chi connectivity index (χ1v) is 10.9. The number of ether oxygens (including phenoxy) is 2. The van der Waals surface area contributed by atoms with Gasteiger partial charge in [-0.25, -0.2) is 0 Å². The summed E-state index contributed by atoms with van der Waals surface area (Å²) >= 11 is 0. The Labute approximate surface area is 169 Å². The molecule has 5 heteroatoms. The molecular formula is C23H37NO4. The predicted octanol–water partition coefficient (Wildman–Crippen LogP) is 3.51. The van der Waals surface area contributed by atoms with E-state index in [0.29, 0.717) is 31.3 Å². The standard InChI is InChI=1S/C23H37NO4/c1-22-15-13-17-7-5-9-18(28-16-6-10-21(26)27-2)8-3-4-14-23(17,24)19(22)11-12-20(22)25/h3,5,7-8,17-20,25H,4,6,9-16,24H2,1-2H3/b7-5+,8-3+/t17-,18?,19+,20-,22-,23?/m0/s1. The quantitative estimate of drug-likeness (QED) is 0.426. The zero-order chi connectivity index (χ0) is 20.2. The lowest BCUT2D eigenvalue weighted by Crippen LogP contribution is -2.60. The van der Waals surface area contributed by atoms with Crippen LogP contribution in [0.3, 0.4) is 0 Å². The molecule has 2 fully saturated rings. The molecule has 3 aliphatic rings. The minimum Gasteiger partial charge on any atom is -0.469 e. The summed E-state index contributed by atoms with van der Waals surface area (Å²) < 4.78 is 10.6. The van der Waals surface area contributed by atoms with Crippen molar-refractivity contribution in [2.75, 3.05) is 13.7 Å². The van der Waals surface area contributed by atoms with Gasteiger partial charge in [-0.3, -0.25) is 4.79 Å². The van der Waals surface area contributed by atoms with Crippen LogP contribution in [0.25, 0.3) is 0 Å². The number of hydrogen-bond donors (Lipinski definition) is 2. The van der Waals surface area contributed by atoms with Crippen LogP contribution in [0.15, 0.2) is 24.3 Å². The van der Waals surface area contributed by atoms with E-state index in [1.54, 1.807) is 0 Å². The molecule has 6 atom stereocenters. The van der Waals surface area contributed by atoms with Gasteiger partial charge in [-0.2, -0.15) is 0 Å². The molecule has 158 valence electrons. The summed E-state index contributed by atoms with van der Waals surface area (Å²) in [5.41, 5.74) is 6.82. The monoisotopic (exact) mass is 391 g/mol. The maximum atomic E-state index is 11.2. The maximum absolute atomic E-state index is 11.2. The smallest absolute Gasteiger partial charge is 0.305 e. The Bertz CT molecular complexity index is 603. The summed E-state index contributed by atoms with van der Waals surface area (Å²) in [4.78, 5) is 11.2. The molecule has 0 saturated heterocycles. The molecule has 28 heavy (non-hydrogen) atoms. The van der Waals surface area contributed by atoms with E-state index in [-0.39, 0.29) is 29.1 Å². The molecule has 5 nitrogen and oxygen atoms in total. The van der Waals surface area contributed by atoms with Gasteiger partial charge in [0.1, 0.15) is 0 Å². The van der Waals surface area contributed by atoms with Crippen molar-refractivity contribution in [3.8, 4) is 0 Å². The van der Waals surface area contributed by atoms with Gasteiger partial charge in [0, 0.05) is 18.6 Å². The fourth-order valence-electron chi connectivity index (χ4n) is 5.78. The topological polar surface area (TPSA) is 81.8 Å². The third-order valence-electron chi connectivity index (χ3n) is 7.54. The van der Waals surface area contributed by atoms with Gasteiger partial charge in [-0.05, 0) is 68.6 Å². The molecule has 3 N–H and O–H groups in total. The Morgan fingerprint density at radius 1 is 1.21 bits per heavy atom. The summed E-state index contributed by atoms with van der Waals surface area (Å²) in [6.07, 6.45) is 16.5. The van der Waals surface area contributed by atoms with Crippen LogP contribution < -0.4 is 5.73 Å². The predicted molar refractivity (Wildman–Crippen MR) is 110 cm³/mol. The number of nitrogens with two attached hydrogens (primary N) is 1. The van der Waals surface area contributed by atoms with Gasteiger partial charge in [-0.15, -0.1) is 0 Å². The first-order valence-electron chi connectivity index (χ1n) is 10.9. The second-order valence-corrected chi connectivity index (χ2v) is 9.13. The molecule has 0 radical (unpaired) electrons. The van der Waals surface area contributed by atoms with Crippen LogP contribution in [0.4, 0.5) is 0 Å². The number of fused-ring (bicyclic) bond motifs is 3. The highest BCUT2D eigenvalue weighted by atomic mass is 16.5. The van der Waals surface area contributed by atoms with Crippen molar-refractivity contribution < 1.29 is 19.4 Å². The molecule has 0 amide bonds. The average Bonchev–Trinajstić information content (AvgIpc) is 2.99. The Hall–Kier alpha value is -1.17. The second-order valence-electron chi connectivity index (χ2n) is 9.13. The van der Waals surface area contributed by atoms with Gasteiger partial charge in [0.05, 0.1) is 19.3 Å². The Morgan fingerprint density at radius 2 is 2.04 bits per heavy atom. The van der Waals surface area contributed by atoms with Gasteiger partial charge < -0.3 is 20.3 Å². The van der Waals surface area contributed by atoms with Crippen LogP contribution in [-0.2, 0) is 14.3 Å². The van der Waals surface area contributed by atoms with Gasteiger partial charge in [-0.1, -0.05) is 31.2 Å². The number of rotatable bonds is 5. The Morgan fingerprint density at radius 3 is 2.82 bits per heavy atom. The highest BCUT2D eigenvalue weighted by Gasteiger charge is 2.58. The fraction of sp³-hybridized carbons (Fsp3) is 0.783. The van der Waals surface area contributed by atoms with Crippen molar-refractivity contribution in [1.29, 1.82) is 0 Å². The first-order chi connectivity index (χ1) is 13.4. The van der Waals surface area contributed by atoms with Crippen molar-refractivity contribution in [1.82, 2.24) is 0 Å². The lowest BCUT2D eigenvalue weighted by atomic mass is 9.55. The van der Waals surface area contributed by atoms with Crippen LogP contribution in [0.2, 0.25) is 0 Å². The number of carbonyl (C=O) groups excluding carboxylic acids is 1. The molecule has 0 aromatic rings. The molecule has 0 aromatic heterocycles. The number of methoxy groups -OCH3 is 1. The van der Waals surface area contributed by atoms with Gasteiger partial charge in [0.25, 0.3) is 0 Å². The van der Waals surface area contributed by atoms with Gasteiger partial charge >= 0.3 is 5.97 Å². The van der Waals surface area contributed by atoms with Crippen molar-refractivity contribution in [3.05, 3.63) is 24.3 Å². The van der Waals surface area contributed by atoms with E-state index < -0.39 is 0 Å². The molecule has 0 aromatic carbocycles. The molecule has 2 saturated carbocycles. The van der Waals surface area contributed by atoms with Crippen molar-refractivity contribution in [2.24, 2.45) is 23.0 Å². The van der Waals surface area contributed by atoms with Crippen LogP contribution in [0.5, 0.6) is 0 Å². The van der Waals surface area contributed by atoms with Gasteiger partial charge in [0.2, 0.25) is 0 Å². The third-order valence-corrected chi connectivity index (χ3v) is 7.54. The third kappa shape index (κ3) is 4.37. The van der Waals surface area contributed by atoms with Crippen LogP contribution in [0.1, 0.15) is 64.7 Å². The number of hydrogen-bond acceptors (Lipinski definition) is 5.